The molecule has 0 radical (unpaired) electrons. The quantitative estimate of drug-likeness (QED) is 0.173. The highest BCUT2D eigenvalue weighted by atomic mass is 16.7. The van der Waals surface area contributed by atoms with Gasteiger partial charge in [-0.1, -0.05) is 60.7 Å². The second-order valence-electron chi connectivity index (χ2n) is 12.4. The van der Waals surface area contributed by atoms with E-state index in [0.29, 0.717) is 0 Å². The van der Waals surface area contributed by atoms with Crippen molar-refractivity contribution in [3.05, 3.63) is 71.8 Å². The lowest BCUT2D eigenvalue weighted by atomic mass is 9.93. The Morgan fingerprint density at radius 1 is 0.635 bits per heavy atom. The van der Waals surface area contributed by atoms with Gasteiger partial charge >= 0.3 is 17.9 Å². The first-order valence-electron chi connectivity index (χ1n) is 16.8. The second kappa shape index (κ2) is 19.4. The number of carbonyl (C=O) groups is 5. The summed E-state index contributed by atoms with van der Waals surface area (Å²) in [6.45, 7) is 5.56. The van der Waals surface area contributed by atoms with Crippen molar-refractivity contribution in [3.8, 4) is 0 Å². The van der Waals surface area contributed by atoms with Crippen LogP contribution in [0.3, 0.4) is 0 Å². The normalized spacial score (nSPS) is 28.6. The van der Waals surface area contributed by atoms with E-state index in [1.54, 1.807) is 0 Å². The number of carbonyl (C=O) groups excluding carboxylic acids is 5. The minimum atomic E-state index is -1.64. The molecule has 2 saturated heterocycles. The number of hydrogen-bond acceptors (Lipinski definition) is 14. The van der Waals surface area contributed by atoms with Gasteiger partial charge in [-0.3, -0.25) is 24.0 Å². The summed E-state index contributed by atoms with van der Waals surface area (Å²) in [5, 5.41) is 16.6. The summed E-state index contributed by atoms with van der Waals surface area (Å²) in [5.74, 6) is -3.37. The highest BCUT2D eigenvalue weighted by Gasteiger charge is 2.55. The second-order valence-corrected chi connectivity index (χ2v) is 12.4. The molecule has 4 rings (SSSR count). The Kier molecular flexibility index (Phi) is 15.0. The number of benzene rings is 2. The van der Waals surface area contributed by atoms with Crippen molar-refractivity contribution in [1.82, 2.24) is 10.6 Å². The lowest BCUT2D eigenvalue weighted by Crippen LogP contribution is -2.70. The lowest BCUT2D eigenvalue weighted by molar-refractivity contribution is -0.331. The van der Waals surface area contributed by atoms with Crippen LogP contribution in [0.2, 0.25) is 0 Å². The summed E-state index contributed by atoms with van der Waals surface area (Å²) in [6.07, 6.45) is -10.6. The maximum Gasteiger partial charge on any atom is 0.303 e. The lowest BCUT2D eigenvalue weighted by Gasteiger charge is -2.49. The van der Waals surface area contributed by atoms with Gasteiger partial charge in [-0.2, -0.15) is 0 Å². The molecule has 2 fully saturated rings. The van der Waals surface area contributed by atoms with Gasteiger partial charge in [-0.15, -0.1) is 0 Å². The first kappa shape index (κ1) is 40.3. The van der Waals surface area contributed by atoms with Gasteiger partial charge in [0.2, 0.25) is 11.8 Å². The smallest absolute Gasteiger partial charge is 0.303 e. The van der Waals surface area contributed by atoms with Gasteiger partial charge < -0.3 is 53.6 Å². The summed E-state index contributed by atoms with van der Waals surface area (Å²) in [5.41, 5.74) is 1.67. The van der Waals surface area contributed by atoms with Gasteiger partial charge in [0.05, 0.1) is 19.8 Å². The molecule has 2 aromatic rings. The van der Waals surface area contributed by atoms with Crippen LogP contribution in [-0.4, -0.2) is 109 Å². The Morgan fingerprint density at radius 2 is 1.17 bits per heavy atom. The molecule has 52 heavy (non-hydrogen) atoms. The molecule has 10 atom stereocenters. The molecule has 284 valence electrons. The minimum Gasteiger partial charge on any atom is -0.463 e. The molecule has 0 bridgehead atoms. The Labute approximate surface area is 301 Å². The summed E-state index contributed by atoms with van der Waals surface area (Å²) in [7, 11) is 0. The third-order valence-electron chi connectivity index (χ3n) is 8.08. The molecule has 0 unspecified atom stereocenters. The van der Waals surface area contributed by atoms with E-state index in [1.807, 2.05) is 60.7 Å². The van der Waals surface area contributed by atoms with Crippen molar-refractivity contribution in [2.45, 2.75) is 109 Å². The third kappa shape index (κ3) is 11.8. The number of amides is 2. The summed E-state index contributed by atoms with van der Waals surface area (Å²) in [6, 6.07) is 16.0. The maximum atomic E-state index is 12.6. The van der Waals surface area contributed by atoms with E-state index in [0.717, 1.165) is 31.9 Å². The van der Waals surface area contributed by atoms with Gasteiger partial charge in [-0.05, 0) is 11.1 Å². The zero-order valence-corrected chi connectivity index (χ0v) is 29.6. The van der Waals surface area contributed by atoms with Crippen molar-refractivity contribution in [2.75, 3.05) is 13.2 Å². The van der Waals surface area contributed by atoms with Crippen LogP contribution in [0.1, 0.15) is 45.7 Å². The average molecular weight is 731 g/mol. The van der Waals surface area contributed by atoms with Gasteiger partial charge in [0.15, 0.2) is 24.8 Å². The number of ether oxygens (including phenoxy) is 8. The monoisotopic (exact) mass is 730 g/mol. The SMILES string of the molecule is CC(=O)N[C@@H]1[C@@H](O[C@@H]2O[C@H](COC(C)=O)[C@H](OC(C)=O)[C@H](OC(C)=O)[C@H]2NC(C)=O)[C@@H](OCc2ccccc2)[C@@H](COCc2ccccc2)O[C@@H]1O. The highest BCUT2D eigenvalue weighted by molar-refractivity contribution is 5.74. The minimum absolute atomic E-state index is 0.0487. The van der Waals surface area contributed by atoms with Crippen molar-refractivity contribution >= 4 is 29.7 Å². The van der Waals surface area contributed by atoms with Crippen molar-refractivity contribution in [1.29, 1.82) is 0 Å². The summed E-state index contributed by atoms with van der Waals surface area (Å²) in [4.78, 5) is 61.5. The van der Waals surface area contributed by atoms with Gasteiger partial charge in [0.1, 0.15) is 43.1 Å². The van der Waals surface area contributed by atoms with E-state index in [1.165, 1.54) is 13.8 Å². The molecule has 0 spiro atoms. The first-order chi connectivity index (χ1) is 24.8. The Bertz CT molecular complexity index is 1490. The topological polar surface area (TPSA) is 203 Å². The van der Waals surface area contributed by atoms with Crippen LogP contribution in [0, 0.1) is 0 Å². The van der Waals surface area contributed by atoms with E-state index in [4.69, 9.17) is 37.9 Å². The maximum absolute atomic E-state index is 12.6. The van der Waals surface area contributed by atoms with E-state index in [9.17, 15) is 29.1 Å². The van der Waals surface area contributed by atoms with Crippen LogP contribution in [-0.2, 0) is 75.1 Å². The Hall–Kier alpha value is -4.45. The van der Waals surface area contributed by atoms with Crippen molar-refractivity contribution < 1.29 is 67.0 Å². The van der Waals surface area contributed by atoms with Crippen molar-refractivity contribution in [2.24, 2.45) is 0 Å². The number of esters is 3. The molecule has 0 saturated carbocycles. The molecule has 16 nitrogen and oxygen atoms in total. The van der Waals surface area contributed by atoms with Crippen LogP contribution >= 0.6 is 0 Å². The average Bonchev–Trinajstić information content (AvgIpc) is 3.08. The summed E-state index contributed by atoms with van der Waals surface area (Å²) < 4.78 is 47.6. The van der Waals surface area contributed by atoms with Crippen LogP contribution in [0.5, 0.6) is 0 Å². The van der Waals surface area contributed by atoms with Gasteiger partial charge in [0.25, 0.3) is 0 Å². The van der Waals surface area contributed by atoms with E-state index in [2.05, 4.69) is 10.6 Å². The van der Waals surface area contributed by atoms with E-state index < -0.39 is 97.6 Å². The van der Waals surface area contributed by atoms with E-state index in [-0.39, 0.29) is 19.8 Å². The molecule has 2 aromatic carbocycles. The molecular weight excluding hydrogens is 684 g/mol. The molecule has 3 N–H and O–H groups in total. The largest absolute Gasteiger partial charge is 0.463 e. The standard InChI is InChI=1S/C36H46N2O14/c1-20(39)37-29-33(31(47-17-26-14-10-7-11-15-26)27(50-35(29)44)18-45-16-25-12-8-6-9-13-25)52-36-30(38-21(2)40)34(49-24(5)43)32(48-23(4)42)28(51-36)19-46-22(3)41/h6-15,27-36,44H,16-19H2,1-5H3,(H,37,39)(H,38,40)/t27-,28-,29-,30-,31+,32+,33-,34-,35+,36+/m1/s1. The van der Waals surface area contributed by atoms with E-state index >= 15 is 0 Å². The molecule has 2 amide bonds. The highest BCUT2D eigenvalue weighted by Crippen LogP contribution is 2.33. The fraction of sp³-hybridized carbons (Fsp3) is 0.528. The predicted octanol–water partition coefficient (Wildman–Crippen LogP) is 1.05. The molecule has 0 aliphatic carbocycles. The van der Waals surface area contributed by atoms with Crippen LogP contribution < -0.4 is 10.6 Å². The van der Waals surface area contributed by atoms with Gasteiger partial charge in [0, 0.05) is 34.6 Å². The van der Waals surface area contributed by atoms with Crippen molar-refractivity contribution in [3.63, 3.8) is 0 Å². The number of hydrogen-bond donors (Lipinski definition) is 3. The third-order valence-corrected chi connectivity index (χ3v) is 8.08. The molecule has 2 aliphatic rings. The number of aliphatic hydroxyl groups is 1. The zero-order valence-electron chi connectivity index (χ0n) is 29.6. The number of aliphatic hydroxyl groups excluding tert-OH is 1. The number of nitrogens with one attached hydrogen (secondary N) is 2. The fourth-order valence-corrected chi connectivity index (χ4v) is 6.00. The van der Waals surface area contributed by atoms with Crippen LogP contribution in [0.25, 0.3) is 0 Å². The van der Waals surface area contributed by atoms with Crippen LogP contribution in [0.4, 0.5) is 0 Å². The van der Waals surface area contributed by atoms with Gasteiger partial charge in [-0.25, -0.2) is 0 Å². The summed E-state index contributed by atoms with van der Waals surface area (Å²) >= 11 is 0. The molecular formula is C36H46N2O14. The predicted molar refractivity (Wildman–Crippen MR) is 178 cm³/mol. The fourth-order valence-electron chi connectivity index (χ4n) is 6.00. The molecule has 0 aromatic heterocycles. The molecule has 2 heterocycles. The first-order valence-corrected chi connectivity index (χ1v) is 16.8. The Balaban J connectivity index is 1.75. The zero-order chi connectivity index (χ0) is 37.8. The Morgan fingerprint density at radius 3 is 1.73 bits per heavy atom. The number of rotatable bonds is 15. The van der Waals surface area contributed by atoms with Crippen LogP contribution in [0.15, 0.2) is 60.7 Å². The molecule has 2 aliphatic heterocycles. The molecule has 16 heteroatoms.